The summed E-state index contributed by atoms with van der Waals surface area (Å²) in [6, 6.07) is 13.8. The van der Waals surface area contributed by atoms with Gasteiger partial charge in [-0.15, -0.1) is 0 Å². The van der Waals surface area contributed by atoms with E-state index < -0.39 is 4.92 Å². The lowest BCUT2D eigenvalue weighted by atomic mass is 10.3. The molecule has 0 fully saturated rings. The first kappa shape index (κ1) is 14.1. The molecule has 0 aliphatic carbocycles. The van der Waals surface area contributed by atoms with Crippen molar-refractivity contribution >= 4 is 29.0 Å². The highest BCUT2D eigenvalue weighted by Gasteiger charge is 2.05. The quantitative estimate of drug-likeness (QED) is 0.687. The molecule has 20 heavy (non-hydrogen) atoms. The first-order valence-electron chi connectivity index (χ1n) is 5.84. The zero-order chi connectivity index (χ0) is 14.5. The molecule has 0 aromatic heterocycles. The number of nitro groups is 1. The number of hydrogen-bond acceptors (Lipinski definition) is 4. The van der Waals surface area contributed by atoms with Crippen LogP contribution in [0.3, 0.4) is 0 Å². The summed E-state index contributed by atoms with van der Waals surface area (Å²) in [5.74, 6) is -0.110. The van der Waals surface area contributed by atoms with Gasteiger partial charge >= 0.3 is 0 Å². The fourth-order valence-electron chi connectivity index (χ4n) is 1.58. The van der Waals surface area contributed by atoms with Crippen LogP contribution in [0.5, 0.6) is 0 Å². The van der Waals surface area contributed by atoms with Gasteiger partial charge in [-0.2, -0.15) is 0 Å². The number of rotatable bonds is 4. The Labute approximate surface area is 120 Å². The lowest BCUT2D eigenvalue weighted by Gasteiger charge is -2.04. The third-order valence-corrected chi connectivity index (χ3v) is 3.47. The minimum Gasteiger partial charge on any atom is -0.326 e. The molecular weight excluding hydrogens is 276 g/mol. The molecule has 0 unspecified atom stereocenters. The second kappa shape index (κ2) is 6.21. The highest BCUT2D eigenvalue weighted by molar-refractivity contribution is 7.99. The smallest absolute Gasteiger partial charge is 0.269 e. The van der Waals surface area contributed by atoms with Crippen LogP contribution < -0.4 is 5.32 Å². The Balaban J connectivity index is 2.06. The Morgan fingerprint density at radius 1 is 1.05 bits per heavy atom. The predicted octanol–water partition coefficient (Wildman–Crippen LogP) is 3.70. The number of non-ortho nitro benzene ring substituents is 1. The average molecular weight is 288 g/mol. The third kappa shape index (κ3) is 3.83. The van der Waals surface area contributed by atoms with Crippen LogP contribution in [-0.2, 0) is 4.79 Å². The largest absolute Gasteiger partial charge is 0.326 e. The van der Waals surface area contributed by atoms with Crippen LogP contribution in [0.4, 0.5) is 11.4 Å². The van der Waals surface area contributed by atoms with Gasteiger partial charge in [0.1, 0.15) is 0 Å². The van der Waals surface area contributed by atoms with E-state index in [9.17, 15) is 14.9 Å². The van der Waals surface area contributed by atoms with E-state index in [0.717, 1.165) is 15.5 Å². The first-order valence-corrected chi connectivity index (χ1v) is 6.66. The number of nitrogens with zero attached hydrogens (tertiary/aromatic N) is 1. The zero-order valence-corrected chi connectivity index (χ0v) is 11.5. The number of nitro benzene ring substituents is 1. The minimum absolute atomic E-state index is 0.0790. The van der Waals surface area contributed by atoms with Gasteiger partial charge in [-0.05, 0) is 36.4 Å². The predicted molar refractivity (Wildman–Crippen MR) is 78.0 cm³/mol. The molecule has 2 aromatic carbocycles. The van der Waals surface area contributed by atoms with Gasteiger partial charge in [0.15, 0.2) is 0 Å². The maximum Gasteiger partial charge on any atom is 0.269 e. The number of carbonyl (C=O) groups is 1. The normalized spacial score (nSPS) is 10.1. The van der Waals surface area contributed by atoms with E-state index in [4.69, 9.17) is 0 Å². The minimum atomic E-state index is -0.420. The number of carbonyl (C=O) groups excluding carboxylic acids is 1. The van der Waals surface area contributed by atoms with Crippen molar-refractivity contribution in [1.82, 2.24) is 0 Å². The molecule has 0 radical (unpaired) electrons. The Bertz CT molecular complexity index is 624. The summed E-state index contributed by atoms with van der Waals surface area (Å²) in [6.07, 6.45) is 0. The van der Waals surface area contributed by atoms with Crippen molar-refractivity contribution in [2.75, 3.05) is 5.32 Å². The molecule has 1 N–H and O–H groups in total. The Morgan fingerprint density at radius 2 is 1.55 bits per heavy atom. The summed E-state index contributed by atoms with van der Waals surface area (Å²) in [5.41, 5.74) is 0.820. The van der Waals surface area contributed by atoms with Crippen molar-refractivity contribution in [3.05, 3.63) is 58.6 Å². The second-order valence-corrected chi connectivity index (χ2v) is 5.21. The Morgan fingerprint density at radius 3 is 2.00 bits per heavy atom. The molecule has 6 heteroatoms. The van der Waals surface area contributed by atoms with E-state index in [2.05, 4.69) is 5.32 Å². The van der Waals surface area contributed by atoms with E-state index in [0.29, 0.717) is 0 Å². The number of anilines is 1. The van der Waals surface area contributed by atoms with Crippen LogP contribution in [-0.4, -0.2) is 10.8 Å². The van der Waals surface area contributed by atoms with Crippen molar-refractivity contribution in [1.29, 1.82) is 0 Å². The molecule has 2 aromatic rings. The van der Waals surface area contributed by atoms with E-state index >= 15 is 0 Å². The molecule has 0 bridgehead atoms. The maximum atomic E-state index is 10.9. The highest BCUT2D eigenvalue weighted by atomic mass is 32.2. The van der Waals surface area contributed by atoms with E-state index in [1.54, 1.807) is 12.1 Å². The lowest BCUT2D eigenvalue weighted by molar-refractivity contribution is -0.384. The van der Waals surface area contributed by atoms with Gasteiger partial charge in [0, 0.05) is 34.5 Å². The molecular formula is C14H12N2O3S. The number of hydrogen-bond donors (Lipinski definition) is 1. The van der Waals surface area contributed by atoms with Crippen LogP contribution >= 0.6 is 11.8 Å². The molecule has 2 rings (SSSR count). The number of benzene rings is 2. The van der Waals surface area contributed by atoms with E-state index in [1.165, 1.54) is 30.8 Å². The number of amides is 1. The van der Waals surface area contributed by atoms with Crippen LogP contribution in [0, 0.1) is 10.1 Å². The molecule has 0 aliphatic heterocycles. The molecule has 1 amide bonds. The van der Waals surface area contributed by atoms with Crippen LogP contribution in [0.15, 0.2) is 58.3 Å². The zero-order valence-electron chi connectivity index (χ0n) is 10.7. The van der Waals surface area contributed by atoms with E-state index in [1.807, 2.05) is 24.3 Å². The molecule has 0 saturated carbocycles. The van der Waals surface area contributed by atoms with Crippen LogP contribution in [0.2, 0.25) is 0 Å². The van der Waals surface area contributed by atoms with Crippen molar-refractivity contribution in [2.45, 2.75) is 16.7 Å². The van der Waals surface area contributed by atoms with Crippen molar-refractivity contribution in [3.8, 4) is 0 Å². The van der Waals surface area contributed by atoms with Gasteiger partial charge in [0.25, 0.3) is 5.69 Å². The van der Waals surface area contributed by atoms with E-state index in [-0.39, 0.29) is 11.6 Å². The summed E-state index contributed by atoms with van der Waals surface area (Å²) >= 11 is 1.50. The van der Waals surface area contributed by atoms with Gasteiger partial charge < -0.3 is 5.32 Å². The summed E-state index contributed by atoms with van der Waals surface area (Å²) in [4.78, 5) is 23.0. The molecule has 0 saturated heterocycles. The second-order valence-electron chi connectivity index (χ2n) is 4.06. The van der Waals surface area contributed by atoms with Crippen LogP contribution in [0.1, 0.15) is 6.92 Å². The highest BCUT2D eigenvalue weighted by Crippen LogP contribution is 2.29. The van der Waals surface area contributed by atoms with Gasteiger partial charge in [-0.1, -0.05) is 11.8 Å². The topological polar surface area (TPSA) is 72.2 Å². The monoisotopic (exact) mass is 288 g/mol. The fourth-order valence-corrected chi connectivity index (χ4v) is 2.40. The van der Waals surface area contributed by atoms with Gasteiger partial charge in [0.2, 0.25) is 5.91 Å². The summed E-state index contributed by atoms with van der Waals surface area (Å²) in [7, 11) is 0. The molecule has 102 valence electrons. The molecule has 0 atom stereocenters. The molecule has 0 heterocycles. The maximum absolute atomic E-state index is 10.9. The SMILES string of the molecule is CC(=O)Nc1ccc(Sc2ccc([N+](=O)[O-])cc2)cc1. The standard InChI is InChI=1S/C14H12N2O3S/c1-10(17)15-11-2-6-13(7-3-11)20-14-8-4-12(5-9-14)16(18)19/h2-9H,1H3,(H,15,17). The Kier molecular flexibility index (Phi) is 4.37. The van der Waals surface area contributed by atoms with Crippen molar-refractivity contribution < 1.29 is 9.72 Å². The molecule has 5 nitrogen and oxygen atoms in total. The van der Waals surface area contributed by atoms with Gasteiger partial charge in [-0.25, -0.2) is 0 Å². The fraction of sp³-hybridized carbons (Fsp3) is 0.0714. The molecule has 0 spiro atoms. The summed E-state index contributed by atoms with van der Waals surface area (Å²) in [5, 5.41) is 13.3. The summed E-state index contributed by atoms with van der Waals surface area (Å²) < 4.78 is 0. The van der Waals surface area contributed by atoms with Gasteiger partial charge in [-0.3, -0.25) is 14.9 Å². The number of nitrogens with one attached hydrogen (secondary N) is 1. The lowest BCUT2D eigenvalue weighted by Crippen LogP contribution is -2.05. The third-order valence-electron chi connectivity index (χ3n) is 2.46. The molecule has 0 aliphatic rings. The van der Waals surface area contributed by atoms with Crippen molar-refractivity contribution in [3.63, 3.8) is 0 Å². The average Bonchev–Trinajstić information content (AvgIpc) is 2.41. The van der Waals surface area contributed by atoms with Crippen molar-refractivity contribution in [2.24, 2.45) is 0 Å². The van der Waals surface area contributed by atoms with Gasteiger partial charge in [0.05, 0.1) is 4.92 Å². The first-order chi connectivity index (χ1) is 9.54. The Hall–Kier alpha value is -2.34. The summed E-state index contributed by atoms with van der Waals surface area (Å²) in [6.45, 7) is 1.46. The van der Waals surface area contributed by atoms with Crippen LogP contribution in [0.25, 0.3) is 0 Å².